The van der Waals surface area contributed by atoms with Crippen LogP contribution in [-0.2, 0) is 17.9 Å². The van der Waals surface area contributed by atoms with Crippen LogP contribution in [-0.4, -0.2) is 70.0 Å². The Bertz CT molecular complexity index is 1570. The molecule has 40 heavy (non-hydrogen) atoms. The SMILES string of the molecule is O=C1CCC(CNc2ccncc2-n2cnc(Cn3nc(-c4ccc(Cl)cc4)n(C[C@H](O)C(F)(F)F)c3=O)n2)N1. The highest BCUT2D eigenvalue weighted by atomic mass is 35.5. The number of carbonyl (C=O) groups excluding carboxylic acids is 1. The van der Waals surface area contributed by atoms with Gasteiger partial charge in [0.2, 0.25) is 5.91 Å². The van der Waals surface area contributed by atoms with Gasteiger partial charge in [-0.05, 0) is 36.8 Å². The Hall–Kier alpha value is -4.24. The predicted molar refractivity (Wildman–Crippen MR) is 137 cm³/mol. The van der Waals surface area contributed by atoms with E-state index in [4.69, 9.17) is 11.6 Å². The minimum Gasteiger partial charge on any atom is -0.382 e. The molecule has 12 nitrogen and oxygen atoms in total. The molecule has 3 aromatic heterocycles. The van der Waals surface area contributed by atoms with Crippen LogP contribution in [0, 0.1) is 0 Å². The fraction of sp³-hybridized carbons (Fsp3) is 0.333. The van der Waals surface area contributed by atoms with Crippen molar-refractivity contribution in [3.05, 3.63) is 70.4 Å². The number of hydrogen-bond acceptors (Lipinski definition) is 8. The van der Waals surface area contributed by atoms with E-state index in [1.54, 1.807) is 18.5 Å². The molecule has 4 aromatic rings. The van der Waals surface area contributed by atoms with E-state index in [0.717, 1.165) is 15.7 Å². The molecule has 1 aromatic carbocycles. The molecular weight excluding hydrogens is 555 g/mol. The number of benzene rings is 1. The second-order valence-corrected chi connectivity index (χ2v) is 9.56. The first kappa shape index (κ1) is 27.3. The molecule has 1 fully saturated rings. The highest BCUT2D eigenvalue weighted by Crippen LogP contribution is 2.24. The molecule has 3 N–H and O–H groups in total. The average Bonchev–Trinajstić information content (AvgIpc) is 3.63. The third-order valence-electron chi connectivity index (χ3n) is 6.26. The highest BCUT2D eigenvalue weighted by molar-refractivity contribution is 6.30. The van der Waals surface area contributed by atoms with Gasteiger partial charge in [-0.1, -0.05) is 11.6 Å². The van der Waals surface area contributed by atoms with Crippen LogP contribution in [0.15, 0.2) is 53.8 Å². The van der Waals surface area contributed by atoms with E-state index in [1.807, 2.05) is 0 Å². The summed E-state index contributed by atoms with van der Waals surface area (Å²) >= 11 is 5.92. The van der Waals surface area contributed by atoms with E-state index < -0.39 is 24.5 Å². The molecule has 0 saturated carbocycles. The molecule has 1 aliphatic heterocycles. The van der Waals surface area contributed by atoms with E-state index in [9.17, 15) is 27.9 Å². The Morgan fingerprint density at radius 1 is 1.18 bits per heavy atom. The van der Waals surface area contributed by atoms with Crippen LogP contribution in [0.4, 0.5) is 18.9 Å². The number of nitrogens with one attached hydrogen (secondary N) is 2. The maximum atomic E-state index is 13.1. The summed E-state index contributed by atoms with van der Waals surface area (Å²) in [4.78, 5) is 32.9. The van der Waals surface area contributed by atoms with Crippen molar-refractivity contribution in [2.75, 3.05) is 11.9 Å². The smallest absolute Gasteiger partial charge is 0.382 e. The number of aliphatic hydroxyl groups excluding tert-OH is 1. The first-order valence-corrected chi connectivity index (χ1v) is 12.5. The van der Waals surface area contributed by atoms with Gasteiger partial charge in [0.25, 0.3) is 0 Å². The molecule has 210 valence electrons. The Balaban J connectivity index is 1.40. The van der Waals surface area contributed by atoms with Crippen molar-refractivity contribution in [1.29, 1.82) is 0 Å². The Kier molecular flexibility index (Phi) is 7.58. The molecule has 1 amide bonds. The lowest BCUT2D eigenvalue weighted by Crippen LogP contribution is -2.37. The highest BCUT2D eigenvalue weighted by Gasteiger charge is 2.39. The monoisotopic (exact) mass is 577 g/mol. The number of aromatic nitrogens is 7. The van der Waals surface area contributed by atoms with Crippen molar-refractivity contribution >= 4 is 23.2 Å². The topological polar surface area (TPSA) is 145 Å². The molecule has 0 bridgehead atoms. The van der Waals surface area contributed by atoms with Gasteiger partial charge < -0.3 is 15.7 Å². The summed E-state index contributed by atoms with van der Waals surface area (Å²) in [6, 6.07) is 7.76. The number of amides is 1. The summed E-state index contributed by atoms with van der Waals surface area (Å²) in [5, 5.41) is 24.8. The fourth-order valence-corrected chi connectivity index (χ4v) is 4.33. The standard InChI is InChI=1S/C24H23ClF3N9O3/c25-15-3-1-14(2-4-15)22-34-36(23(40)35(22)11-19(38)24(26,27)28)12-20-31-13-37(33-20)18-10-29-8-7-17(18)30-9-16-5-6-21(39)32-16/h1-4,7-8,10,13,16,19,38H,5-6,9,11-12H2,(H,29,30)(H,32,39)/t16?,19-/m0/s1. The van der Waals surface area contributed by atoms with Gasteiger partial charge in [-0.15, -0.1) is 10.2 Å². The largest absolute Gasteiger partial charge is 0.416 e. The number of alkyl halides is 3. The van der Waals surface area contributed by atoms with Crippen molar-refractivity contribution in [2.24, 2.45) is 0 Å². The Morgan fingerprint density at radius 2 is 1.95 bits per heavy atom. The number of pyridine rings is 1. The molecule has 5 rings (SSSR count). The minimum atomic E-state index is -4.93. The van der Waals surface area contributed by atoms with Gasteiger partial charge in [-0.3, -0.25) is 14.3 Å². The Morgan fingerprint density at radius 3 is 2.65 bits per heavy atom. The van der Waals surface area contributed by atoms with Crippen LogP contribution in [0.5, 0.6) is 0 Å². The molecule has 1 unspecified atom stereocenters. The molecular formula is C24H23ClF3N9O3. The normalized spacial score (nSPS) is 16.2. The second kappa shape index (κ2) is 11.1. The number of halogens is 4. The van der Waals surface area contributed by atoms with Gasteiger partial charge in [0.05, 0.1) is 18.4 Å². The number of rotatable bonds is 9. The van der Waals surface area contributed by atoms with E-state index in [-0.39, 0.29) is 30.1 Å². The second-order valence-electron chi connectivity index (χ2n) is 9.12. The lowest BCUT2D eigenvalue weighted by atomic mass is 10.2. The number of aliphatic hydroxyl groups is 1. The van der Waals surface area contributed by atoms with Crippen LogP contribution in [0.2, 0.25) is 5.02 Å². The molecule has 0 aliphatic carbocycles. The molecule has 0 spiro atoms. The summed E-state index contributed by atoms with van der Waals surface area (Å²) < 4.78 is 42.4. The van der Waals surface area contributed by atoms with Gasteiger partial charge >= 0.3 is 11.9 Å². The van der Waals surface area contributed by atoms with E-state index in [0.29, 0.717) is 34.9 Å². The van der Waals surface area contributed by atoms with Gasteiger partial charge in [0.1, 0.15) is 18.6 Å². The summed E-state index contributed by atoms with van der Waals surface area (Å²) in [7, 11) is 0. The maximum Gasteiger partial charge on any atom is 0.416 e. The summed E-state index contributed by atoms with van der Waals surface area (Å²) in [5.41, 5.74) is 0.684. The third kappa shape index (κ3) is 5.99. The molecule has 2 atom stereocenters. The van der Waals surface area contributed by atoms with Gasteiger partial charge in [-0.25, -0.2) is 19.1 Å². The average molecular weight is 578 g/mol. The van der Waals surface area contributed by atoms with Gasteiger partial charge in [0.15, 0.2) is 17.8 Å². The molecule has 0 radical (unpaired) electrons. The zero-order chi connectivity index (χ0) is 28.4. The van der Waals surface area contributed by atoms with E-state index in [1.165, 1.54) is 35.3 Å². The molecule has 4 heterocycles. The van der Waals surface area contributed by atoms with Crippen LogP contribution in [0.25, 0.3) is 17.1 Å². The first-order chi connectivity index (χ1) is 19.1. The van der Waals surface area contributed by atoms with Crippen molar-refractivity contribution in [3.8, 4) is 17.1 Å². The van der Waals surface area contributed by atoms with E-state index in [2.05, 4.69) is 30.8 Å². The maximum absolute atomic E-state index is 13.1. The van der Waals surface area contributed by atoms with Crippen LogP contribution < -0.4 is 16.3 Å². The first-order valence-electron chi connectivity index (χ1n) is 12.1. The minimum absolute atomic E-state index is 0.00694. The van der Waals surface area contributed by atoms with Crippen molar-refractivity contribution in [1.82, 2.24) is 39.4 Å². The van der Waals surface area contributed by atoms with Gasteiger partial charge in [0, 0.05) is 35.8 Å². The third-order valence-corrected chi connectivity index (χ3v) is 6.51. The summed E-state index contributed by atoms with van der Waals surface area (Å²) in [5.74, 6) is 0.0817. The number of hydrogen-bond donors (Lipinski definition) is 3. The summed E-state index contributed by atoms with van der Waals surface area (Å²) in [6.07, 6.45) is -1.95. The van der Waals surface area contributed by atoms with Crippen molar-refractivity contribution < 1.29 is 23.1 Å². The number of anilines is 1. The Labute approximate surface area is 229 Å². The van der Waals surface area contributed by atoms with Crippen LogP contribution >= 0.6 is 11.6 Å². The fourth-order valence-electron chi connectivity index (χ4n) is 4.20. The van der Waals surface area contributed by atoms with Crippen LogP contribution in [0.3, 0.4) is 0 Å². The quantitative estimate of drug-likeness (QED) is 0.274. The zero-order valence-corrected chi connectivity index (χ0v) is 21.5. The van der Waals surface area contributed by atoms with Crippen LogP contribution in [0.1, 0.15) is 18.7 Å². The number of carbonyl (C=O) groups is 1. The predicted octanol–water partition coefficient (Wildman–Crippen LogP) is 2.00. The van der Waals surface area contributed by atoms with Gasteiger partial charge in [-0.2, -0.15) is 13.2 Å². The lowest BCUT2D eigenvalue weighted by molar-refractivity contribution is -0.207. The van der Waals surface area contributed by atoms with Crippen molar-refractivity contribution in [3.63, 3.8) is 0 Å². The summed E-state index contributed by atoms with van der Waals surface area (Å²) in [6.45, 7) is -0.804. The van der Waals surface area contributed by atoms with E-state index >= 15 is 0 Å². The molecule has 16 heteroatoms. The number of nitrogens with zero attached hydrogens (tertiary/aromatic N) is 7. The zero-order valence-electron chi connectivity index (χ0n) is 20.7. The lowest BCUT2D eigenvalue weighted by Gasteiger charge is -2.15. The molecule has 1 aliphatic rings. The molecule has 1 saturated heterocycles. The van der Waals surface area contributed by atoms with Crippen molar-refractivity contribution in [2.45, 2.75) is 44.3 Å².